The topological polar surface area (TPSA) is 33.2 Å². The number of terminal acetylenes is 1. The van der Waals surface area contributed by atoms with Crippen LogP contribution in [0.3, 0.4) is 0 Å². The molecule has 0 radical (unpaired) electrons. The van der Waals surface area contributed by atoms with Gasteiger partial charge < -0.3 is 0 Å². The van der Waals surface area contributed by atoms with E-state index in [1.807, 2.05) is 19.9 Å². The summed E-state index contributed by atoms with van der Waals surface area (Å²) in [6.07, 6.45) is 5.79. The Bertz CT molecular complexity index is 496. The third-order valence-electron chi connectivity index (χ3n) is 2.93. The molecule has 0 saturated carbocycles. The van der Waals surface area contributed by atoms with Crippen molar-refractivity contribution in [3.63, 3.8) is 0 Å². The van der Waals surface area contributed by atoms with E-state index in [4.69, 9.17) is 6.42 Å². The fourth-order valence-electron chi connectivity index (χ4n) is 1.97. The van der Waals surface area contributed by atoms with Crippen LogP contribution in [0.15, 0.2) is 10.5 Å². The summed E-state index contributed by atoms with van der Waals surface area (Å²) in [6, 6.07) is 1.91. The van der Waals surface area contributed by atoms with Crippen LogP contribution < -0.4 is 4.90 Å². The highest BCUT2D eigenvalue weighted by Gasteiger charge is 2.30. The molecule has 2 heterocycles. The standard InChI is InChI=1S/C13H13BrN2O/c1-4-10-6-12(17)16(7-10)11-5-8(2)13(14)9(3)15-11/h1,5,10H,6-7H2,2-3H3. The number of hydrogen-bond acceptors (Lipinski definition) is 2. The van der Waals surface area contributed by atoms with Gasteiger partial charge in [-0.05, 0) is 41.4 Å². The number of carbonyl (C=O) groups is 1. The summed E-state index contributed by atoms with van der Waals surface area (Å²) >= 11 is 3.46. The predicted octanol–water partition coefficient (Wildman–Crippen LogP) is 2.45. The van der Waals surface area contributed by atoms with Crippen LogP contribution in [0.5, 0.6) is 0 Å². The minimum atomic E-state index is 0.00793. The van der Waals surface area contributed by atoms with E-state index in [-0.39, 0.29) is 11.8 Å². The fourth-order valence-corrected chi connectivity index (χ4v) is 2.18. The lowest BCUT2D eigenvalue weighted by Crippen LogP contribution is -2.25. The van der Waals surface area contributed by atoms with Crippen molar-refractivity contribution in [2.75, 3.05) is 11.4 Å². The maximum Gasteiger partial charge on any atom is 0.229 e. The second kappa shape index (κ2) is 4.50. The summed E-state index contributed by atoms with van der Waals surface area (Å²) in [5.41, 5.74) is 1.96. The Kier molecular flexibility index (Phi) is 3.21. The van der Waals surface area contributed by atoms with Crippen LogP contribution in [0.4, 0.5) is 5.82 Å². The van der Waals surface area contributed by atoms with Gasteiger partial charge in [-0.1, -0.05) is 0 Å². The largest absolute Gasteiger partial charge is 0.296 e. The van der Waals surface area contributed by atoms with Gasteiger partial charge in [-0.15, -0.1) is 12.3 Å². The molecule has 0 aromatic carbocycles. The zero-order valence-corrected chi connectivity index (χ0v) is 11.4. The number of amides is 1. The van der Waals surface area contributed by atoms with Crippen molar-refractivity contribution in [2.24, 2.45) is 5.92 Å². The van der Waals surface area contributed by atoms with Gasteiger partial charge >= 0.3 is 0 Å². The number of aromatic nitrogens is 1. The van der Waals surface area contributed by atoms with Crippen molar-refractivity contribution in [1.29, 1.82) is 0 Å². The SMILES string of the molecule is C#CC1CC(=O)N(c2cc(C)c(Br)c(C)n2)C1. The zero-order valence-electron chi connectivity index (χ0n) is 9.83. The molecule has 2 rings (SSSR count). The molecule has 88 valence electrons. The molecule has 0 spiro atoms. The number of hydrogen-bond donors (Lipinski definition) is 0. The van der Waals surface area contributed by atoms with Crippen molar-refractivity contribution in [3.8, 4) is 12.3 Å². The summed E-state index contributed by atoms with van der Waals surface area (Å²) in [6.45, 7) is 4.48. The third kappa shape index (κ3) is 2.20. The van der Waals surface area contributed by atoms with E-state index in [0.29, 0.717) is 18.8 Å². The Morgan fingerprint density at radius 2 is 2.29 bits per heavy atom. The summed E-state index contributed by atoms with van der Waals surface area (Å²) in [4.78, 5) is 17.9. The van der Waals surface area contributed by atoms with E-state index in [2.05, 4.69) is 26.8 Å². The summed E-state index contributed by atoms with van der Waals surface area (Å²) < 4.78 is 0.987. The van der Waals surface area contributed by atoms with Crippen LogP contribution in [-0.2, 0) is 4.79 Å². The molecule has 0 N–H and O–H groups in total. The highest BCUT2D eigenvalue weighted by Crippen LogP contribution is 2.28. The van der Waals surface area contributed by atoms with Crippen LogP contribution in [0.1, 0.15) is 17.7 Å². The Morgan fingerprint density at radius 3 is 2.82 bits per heavy atom. The molecule has 1 aliphatic rings. The van der Waals surface area contributed by atoms with Gasteiger partial charge in [-0.2, -0.15) is 0 Å². The second-order valence-electron chi connectivity index (χ2n) is 4.27. The van der Waals surface area contributed by atoms with E-state index in [1.165, 1.54) is 0 Å². The minimum absolute atomic E-state index is 0.00793. The van der Waals surface area contributed by atoms with E-state index in [9.17, 15) is 4.79 Å². The molecule has 1 amide bonds. The molecule has 0 aliphatic carbocycles. The van der Waals surface area contributed by atoms with Crippen molar-refractivity contribution >= 4 is 27.7 Å². The normalized spacial score (nSPS) is 19.5. The van der Waals surface area contributed by atoms with Crippen LogP contribution in [0.2, 0.25) is 0 Å². The summed E-state index contributed by atoms with van der Waals surface area (Å²) in [7, 11) is 0. The van der Waals surface area contributed by atoms with Gasteiger partial charge in [0.05, 0.1) is 5.69 Å². The molecule has 1 aliphatic heterocycles. The lowest BCUT2D eigenvalue weighted by atomic mass is 10.1. The quantitative estimate of drug-likeness (QED) is 0.745. The van der Waals surface area contributed by atoms with Gasteiger partial charge in [0.2, 0.25) is 5.91 Å². The molecular formula is C13H13BrN2O. The molecule has 3 nitrogen and oxygen atoms in total. The second-order valence-corrected chi connectivity index (χ2v) is 5.06. The third-order valence-corrected chi connectivity index (χ3v) is 4.13. The molecule has 1 aromatic heterocycles. The van der Waals surface area contributed by atoms with Gasteiger partial charge in [0, 0.05) is 23.4 Å². The maximum atomic E-state index is 11.8. The lowest BCUT2D eigenvalue weighted by Gasteiger charge is -2.16. The zero-order chi connectivity index (χ0) is 12.6. The van der Waals surface area contributed by atoms with E-state index in [1.54, 1.807) is 4.90 Å². The Labute approximate surface area is 109 Å². The Balaban J connectivity index is 2.36. The number of rotatable bonds is 1. The highest BCUT2D eigenvalue weighted by molar-refractivity contribution is 9.10. The molecule has 1 atom stereocenters. The van der Waals surface area contributed by atoms with Crippen molar-refractivity contribution in [3.05, 3.63) is 21.8 Å². The smallest absolute Gasteiger partial charge is 0.229 e. The van der Waals surface area contributed by atoms with Gasteiger partial charge in [0.1, 0.15) is 5.82 Å². The van der Waals surface area contributed by atoms with Gasteiger partial charge in [-0.3, -0.25) is 9.69 Å². The van der Waals surface area contributed by atoms with Crippen LogP contribution in [0.25, 0.3) is 0 Å². The molecule has 1 fully saturated rings. The number of carbonyl (C=O) groups excluding carboxylic acids is 1. The Hall–Kier alpha value is -1.34. The van der Waals surface area contributed by atoms with Crippen LogP contribution in [-0.4, -0.2) is 17.4 Å². The highest BCUT2D eigenvalue weighted by atomic mass is 79.9. The first-order chi connectivity index (χ1) is 8.02. The van der Waals surface area contributed by atoms with Crippen LogP contribution >= 0.6 is 15.9 Å². The van der Waals surface area contributed by atoms with Crippen LogP contribution in [0, 0.1) is 32.1 Å². The lowest BCUT2D eigenvalue weighted by molar-refractivity contribution is -0.117. The maximum absolute atomic E-state index is 11.8. The first-order valence-electron chi connectivity index (χ1n) is 5.43. The van der Waals surface area contributed by atoms with E-state index < -0.39 is 0 Å². The number of nitrogens with zero attached hydrogens (tertiary/aromatic N) is 2. The molecule has 1 aromatic rings. The molecule has 1 saturated heterocycles. The molecule has 4 heteroatoms. The van der Waals surface area contributed by atoms with E-state index >= 15 is 0 Å². The fraction of sp³-hybridized carbons (Fsp3) is 0.385. The first-order valence-corrected chi connectivity index (χ1v) is 6.22. The Morgan fingerprint density at radius 1 is 1.59 bits per heavy atom. The average molecular weight is 293 g/mol. The van der Waals surface area contributed by atoms with Crippen molar-refractivity contribution in [1.82, 2.24) is 4.98 Å². The van der Waals surface area contributed by atoms with Gasteiger partial charge in [0.25, 0.3) is 0 Å². The average Bonchev–Trinajstić information content (AvgIpc) is 2.67. The molecular weight excluding hydrogens is 280 g/mol. The number of aryl methyl sites for hydroxylation is 2. The van der Waals surface area contributed by atoms with Crippen molar-refractivity contribution in [2.45, 2.75) is 20.3 Å². The molecule has 1 unspecified atom stereocenters. The van der Waals surface area contributed by atoms with E-state index in [0.717, 1.165) is 15.7 Å². The number of halogens is 1. The molecule has 0 bridgehead atoms. The number of anilines is 1. The monoisotopic (exact) mass is 292 g/mol. The minimum Gasteiger partial charge on any atom is -0.296 e. The molecule has 17 heavy (non-hydrogen) atoms. The number of pyridine rings is 1. The van der Waals surface area contributed by atoms with Gasteiger partial charge in [-0.25, -0.2) is 4.98 Å². The van der Waals surface area contributed by atoms with Gasteiger partial charge in [0.15, 0.2) is 0 Å². The summed E-state index contributed by atoms with van der Waals surface area (Å²) in [5, 5.41) is 0. The van der Waals surface area contributed by atoms with Crippen molar-refractivity contribution < 1.29 is 4.79 Å². The summed E-state index contributed by atoms with van der Waals surface area (Å²) in [5.74, 6) is 3.40. The predicted molar refractivity (Wildman–Crippen MR) is 70.7 cm³/mol. The first kappa shape index (κ1) is 12.1.